The van der Waals surface area contributed by atoms with Gasteiger partial charge < -0.3 is 13.7 Å². The van der Waals surface area contributed by atoms with Gasteiger partial charge in [0.05, 0.1) is 0 Å². The first-order valence-electron chi connectivity index (χ1n) is 15.2. The molecule has 0 unspecified atom stereocenters. The third-order valence-electron chi connectivity index (χ3n) is 8.66. The van der Waals surface area contributed by atoms with Gasteiger partial charge in [-0.05, 0) is 82.9 Å². The zero-order valence-corrected chi connectivity index (χ0v) is 24.4. The lowest BCUT2D eigenvalue weighted by Crippen LogP contribution is -2.09. The summed E-state index contributed by atoms with van der Waals surface area (Å²) >= 11 is 0. The van der Waals surface area contributed by atoms with Crippen molar-refractivity contribution in [1.29, 1.82) is 0 Å². The molecule has 0 N–H and O–H groups in total. The average Bonchev–Trinajstić information content (AvgIpc) is 3.66. The van der Waals surface area contributed by atoms with Crippen molar-refractivity contribution in [1.82, 2.24) is 0 Å². The van der Waals surface area contributed by atoms with E-state index >= 15 is 0 Å². The zero-order chi connectivity index (χ0) is 29.7. The summed E-state index contributed by atoms with van der Waals surface area (Å²) in [5, 5.41) is 4.25. The highest BCUT2D eigenvalue weighted by Gasteiger charge is 2.19. The highest BCUT2D eigenvalue weighted by Crippen LogP contribution is 2.43. The first-order valence-corrected chi connectivity index (χ1v) is 15.2. The normalized spacial score (nSPS) is 11.6. The Balaban J connectivity index is 1.20. The molecule has 0 aliphatic carbocycles. The first-order chi connectivity index (χ1) is 22.3. The maximum absolute atomic E-state index is 6.48. The largest absolute Gasteiger partial charge is 0.456 e. The molecule has 0 radical (unpaired) electrons. The minimum atomic E-state index is 0.846. The molecule has 9 aromatic rings. The van der Waals surface area contributed by atoms with E-state index in [1.165, 1.54) is 11.1 Å². The molecule has 7 aromatic carbocycles. The van der Waals surface area contributed by atoms with Crippen molar-refractivity contribution in [2.24, 2.45) is 0 Å². The molecule has 0 amide bonds. The van der Waals surface area contributed by atoms with Crippen LogP contribution in [0, 0.1) is 0 Å². The molecular weight excluding hydrogens is 550 g/mol. The second kappa shape index (κ2) is 10.3. The Labute approximate surface area is 260 Å². The monoisotopic (exact) mass is 577 g/mol. The molecular formula is C42H27NO2. The summed E-state index contributed by atoms with van der Waals surface area (Å²) in [6.07, 6.45) is 0. The highest BCUT2D eigenvalue weighted by molar-refractivity contribution is 6.18. The van der Waals surface area contributed by atoms with Crippen LogP contribution < -0.4 is 4.90 Å². The van der Waals surface area contributed by atoms with Crippen LogP contribution in [0.3, 0.4) is 0 Å². The first kappa shape index (κ1) is 25.4. The van der Waals surface area contributed by atoms with Gasteiger partial charge in [-0.25, -0.2) is 0 Å². The summed E-state index contributed by atoms with van der Waals surface area (Å²) in [5.41, 5.74) is 11.4. The summed E-state index contributed by atoms with van der Waals surface area (Å²) in [6, 6.07) is 57.2. The molecule has 2 aromatic heterocycles. The maximum Gasteiger partial charge on any atom is 0.136 e. The Kier molecular flexibility index (Phi) is 5.82. The molecule has 3 nitrogen and oxygen atoms in total. The van der Waals surface area contributed by atoms with Crippen molar-refractivity contribution < 1.29 is 8.83 Å². The predicted molar refractivity (Wildman–Crippen MR) is 187 cm³/mol. The fraction of sp³-hybridized carbons (Fsp3) is 0. The van der Waals surface area contributed by atoms with E-state index in [9.17, 15) is 0 Å². The number of furan rings is 2. The zero-order valence-electron chi connectivity index (χ0n) is 24.4. The van der Waals surface area contributed by atoms with Crippen molar-refractivity contribution in [2.75, 3.05) is 4.90 Å². The average molecular weight is 578 g/mol. The topological polar surface area (TPSA) is 29.5 Å². The highest BCUT2D eigenvalue weighted by atomic mass is 16.3. The van der Waals surface area contributed by atoms with Crippen LogP contribution in [0.25, 0.3) is 66.1 Å². The summed E-state index contributed by atoms with van der Waals surface area (Å²) in [7, 11) is 0. The van der Waals surface area contributed by atoms with Gasteiger partial charge in [0.15, 0.2) is 0 Å². The molecule has 0 aliphatic rings. The Morgan fingerprint density at radius 1 is 0.333 bits per heavy atom. The predicted octanol–water partition coefficient (Wildman–Crippen LogP) is 12.3. The lowest BCUT2D eigenvalue weighted by molar-refractivity contribution is 0.664. The quantitative estimate of drug-likeness (QED) is 0.204. The van der Waals surface area contributed by atoms with Gasteiger partial charge >= 0.3 is 0 Å². The van der Waals surface area contributed by atoms with Crippen LogP contribution in [0.4, 0.5) is 17.1 Å². The summed E-state index contributed by atoms with van der Waals surface area (Å²) < 4.78 is 12.9. The van der Waals surface area contributed by atoms with Crippen LogP contribution in [0.5, 0.6) is 0 Å². The summed E-state index contributed by atoms with van der Waals surface area (Å²) in [6.45, 7) is 0. The molecule has 0 aliphatic heterocycles. The molecule has 3 heteroatoms. The van der Waals surface area contributed by atoms with Crippen LogP contribution in [-0.2, 0) is 0 Å². The van der Waals surface area contributed by atoms with Gasteiger partial charge in [0.1, 0.15) is 22.3 Å². The summed E-state index contributed by atoms with van der Waals surface area (Å²) in [5.74, 6) is 0. The van der Waals surface area contributed by atoms with Gasteiger partial charge in [-0.15, -0.1) is 0 Å². The van der Waals surface area contributed by atoms with Gasteiger partial charge in [-0.3, -0.25) is 0 Å². The molecule has 0 atom stereocenters. The number of anilines is 3. The lowest BCUT2D eigenvalue weighted by Gasteiger charge is -2.25. The second-order valence-corrected chi connectivity index (χ2v) is 11.4. The van der Waals surface area contributed by atoms with E-state index in [1.807, 2.05) is 18.2 Å². The van der Waals surface area contributed by atoms with Gasteiger partial charge in [0.2, 0.25) is 0 Å². The Bertz CT molecular complexity index is 2460. The number of benzene rings is 7. The number of para-hydroxylation sites is 1. The molecule has 0 saturated carbocycles. The number of hydrogen-bond donors (Lipinski definition) is 0. The van der Waals surface area contributed by atoms with E-state index in [0.717, 1.165) is 72.1 Å². The van der Waals surface area contributed by atoms with Gasteiger partial charge in [0, 0.05) is 38.6 Å². The van der Waals surface area contributed by atoms with Crippen molar-refractivity contribution in [3.05, 3.63) is 164 Å². The van der Waals surface area contributed by atoms with Crippen LogP contribution >= 0.6 is 0 Å². The van der Waals surface area contributed by atoms with E-state index in [-0.39, 0.29) is 0 Å². The molecule has 0 bridgehead atoms. The second-order valence-electron chi connectivity index (χ2n) is 11.4. The Morgan fingerprint density at radius 2 is 0.889 bits per heavy atom. The molecule has 0 fully saturated rings. The summed E-state index contributed by atoms with van der Waals surface area (Å²) in [4.78, 5) is 2.29. The van der Waals surface area contributed by atoms with Crippen LogP contribution in [0.15, 0.2) is 173 Å². The fourth-order valence-electron chi connectivity index (χ4n) is 6.54. The Morgan fingerprint density at radius 3 is 1.64 bits per heavy atom. The lowest BCUT2D eigenvalue weighted by atomic mass is 9.99. The minimum Gasteiger partial charge on any atom is -0.456 e. The van der Waals surface area contributed by atoms with E-state index < -0.39 is 0 Å². The fourth-order valence-corrected chi connectivity index (χ4v) is 6.54. The van der Waals surface area contributed by atoms with Crippen LogP contribution in [-0.4, -0.2) is 0 Å². The van der Waals surface area contributed by atoms with E-state index in [0.29, 0.717) is 0 Å². The van der Waals surface area contributed by atoms with Crippen LogP contribution in [0.2, 0.25) is 0 Å². The van der Waals surface area contributed by atoms with Crippen molar-refractivity contribution in [3.8, 4) is 22.3 Å². The molecule has 0 saturated heterocycles. The maximum atomic E-state index is 6.48. The van der Waals surface area contributed by atoms with Gasteiger partial charge in [-0.2, -0.15) is 0 Å². The number of fused-ring (bicyclic) bond motifs is 6. The van der Waals surface area contributed by atoms with Crippen molar-refractivity contribution in [3.63, 3.8) is 0 Å². The third kappa shape index (κ3) is 4.29. The van der Waals surface area contributed by atoms with E-state index in [1.54, 1.807) is 0 Å². The SMILES string of the molecule is c1ccc(-c2ccc(N(c3ccccc3)c3ccc4oc5cc6c(cc5c4c3)oc3cccc(-c4ccccc4)c36)cc2)cc1. The molecule has 45 heavy (non-hydrogen) atoms. The van der Waals surface area contributed by atoms with Crippen LogP contribution in [0.1, 0.15) is 0 Å². The molecule has 0 spiro atoms. The van der Waals surface area contributed by atoms with Gasteiger partial charge in [-0.1, -0.05) is 103 Å². The molecule has 212 valence electrons. The number of nitrogens with zero attached hydrogens (tertiary/aromatic N) is 1. The smallest absolute Gasteiger partial charge is 0.136 e. The number of hydrogen-bond acceptors (Lipinski definition) is 3. The van der Waals surface area contributed by atoms with Gasteiger partial charge in [0.25, 0.3) is 0 Å². The van der Waals surface area contributed by atoms with Crippen molar-refractivity contribution in [2.45, 2.75) is 0 Å². The molecule has 9 rings (SSSR count). The third-order valence-corrected chi connectivity index (χ3v) is 8.66. The minimum absolute atomic E-state index is 0.846. The van der Waals surface area contributed by atoms with Crippen molar-refractivity contribution >= 4 is 60.9 Å². The van der Waals surface area contributed by atoms with E-state index in [2.05, 4.69) is 150 Å². The molecule has 2 heterocycles. The number of rotatable bonds is 5. The van der Waals surface area contributed by atoms with E-state index in [4.69, 9.17) is 8.83 Å². The standard InChI is InChI=1S/C42H27NO2/c1-4-11-28(12-5-1)29-19-21-32(22-20-29)43(31-15-8-3-9-16-31)33-23-24-38-35(25-33)36-26-41-37(27-40(36)44-38)42-34(17-10-18-39(42)45-41)30-13-6-2-7-14-30/h1-27H. The Hall–Kier alpha value is -6.06.